The maximum atomic E-state index is 12.9. The molecule has 1 atom stereocenters. The van der Waals surface area contributed by atoms with Crippen molar-refractivity contribution in [2.24, 2.45) is 0 Å². The van der Waals surface area contributed by atoms with Crippen molar-refractivity contribution in [3.05, 3.63) is 23.3 Å². The molecule has 1 aromatic rings. The summed E-state index contributed by atoms with van der Waals surface area (Å²) >= 11 is 0. The van der Waals surface area contributed by atoms with Crippen LogP contribution < -0.4 is 14.8 Å². The normalized spacial score (nSPS) is 22.5. The van der Waals surface area contributed by atoms with Gasteiger partial charge in [0.2, 0.25) is 6.79 Å². The van der Waals surface area contributed by atoms with Crippen LogP contribution in [0.5, 0.6) is 11.5 Å². The third-order valence-electron chi connectivity index (χ3n) is 3.46. The van der Waals surface area contributed by atoms with Crippen LogP contribution in [0.25, 0.3) is 0 Å². The number of piperidine rings is 1. The van der Waals surface area contributed by atoms with Crippen molar-refractivity contribution in [2.75, 3.05) is 13.3 Å². The number of nitrogens with one attached hydrogen (secondary N) is 1. The highest BCUT2D eigenvalue weighted by Crippen LogP contribution is 2.43. The van der Waals surface area contributed by atoms with Crippen LogP contribution in [0, 0.1) is 0 Å². The molecule has 2 aliphatic heterocycles. The second-order valence-corrected chi connectivity index (χ2v) is 4.65. The maximum Gasteiger partial charge on any atom is 0.263 e. The third kappa shape index (κ3) is 2.03. The monoisotopic (exact) mass is 255 g/mol. The fourth-order valence-corrected chi connectivity index (χ4v) is 2.56. The Hall–Kier alpha value is -1.36. The first kappa shape index (κ1) is 11.7. The minimum Gasteiger partial charge on any atom is -0.454 e. The predicted molar refractivity (Wildman–Crippen MR) is 62.1 cm³/mol. The first-order valence-corrected chi connectivity index (χ1v) is 6.20. The smallest absolute Gasteiger partial charge is 0.263 e. The van der Waals surface area contributed by atoms with Crippen molar-refractivity contribution < 1.29 is 18.3 Å². The van der Waals surface area contributed by atoms with Crippen molar-refractivity contribution in [1.82, 2.24) is 5.32 Å². The van der Waals surface area contributed by atoms with E-state index in [-0.39, 0.29) is 18.4 Å². The maximum absolute atomic E-state index is 12.9. The number of fused-ring (bicyclic) bond motifs is 1. The Kier molecular flexibility index (Phi) is 3.07. The van der Waals surface area contributed by atoms with Crippen LogP contribution in [0.3, 0.4) is 0 Å². The fraction of sp³-hybridized carbons (Fsp3) is 0.538. The molecule has 2 heterocycles. The zero-order valence-electron chi connectivity index (χ0n) is 9.92. The second kappa shape index (κ2) is 4.72. The first-order valence-electron chi connectivity index (χ1n) is 6.20. The Bertz CT molecular complexity index is 445. The lowest BCUT2D eigenvalue weighted by molar-refractivity contribution is 0.150. The van der Waals surface area contributed by atoms with Gasteiger partial charge in [0.25, 0.3) is 6.43 Å². The highest BCUT2D eigenvalue weighted by molar-refractivity contribution is 5.52. The van der Waals surface area contributed by atoms with E-state index in [0.717, 1.165) is 31.4 Å². The van der Waals surface area contributed by atoms with Gasteiger partial charge in [-0.1, -0.05) is 6.42 Å². The van der Waals surface area contributed by atoms with Gasteiger partial charge in [0.1, 0.15) is 0 Å². The van der Waals surface area contributed by atoms with E-state index in [2.05, 4.69) is 5.32 Å². The lowest BCUT2D eigenvalue weighted by Gasteiger charge is -2.25. The zero-order chi connectivity index (χ0) is 12.5. The molecule has 1 fully saturated rings. The Morgan fingerprint density at radius 2 is 2.11 bits per heavy atom. The van der Waals surface area contributed by atoms with Gasteiger partial charge in [-0.25, -0.2) is 8.78 Å². The van der Waals surface area contributed by atoms with Gasteiger partial charge >= 0.3 is 0 Å². The number of rotatable bonds is 2. The number of hydrogen-bond acceptors (Lipinski definition) is 3. The summed E-state index contributed by atoms with van der Waals surface area (Å²) in [5.41, 5.74) is 0.807. The molecule has 0 amide bonds. The topological polar surface area (TPSA) is 30.5 Å². The Morgan fingerprint density at radius 3 is 2.83 bits per heavy atom. The van der Waals surface area contributed by atoms with Crippen molar-refractivity contribution in [3.8, 4) is 11.5 Å². The molecule has 3 rings (SSSR count). The molecular formula is C13H15F2NO2. The minimum atomic E-state index is -2.48. The van der Waals surface area contributed by atoms with Crippen molar-refractivity contribution in [1.29, 1.82) is 0 Å². The molecule has 0 saturated carbocycles. The molecule has 0 aromatic heterocycles. The van der Waals surface area contributed by atoms with E-state index in [1.807, 2.05) is 0 Å². The van der Waals surface area contributed by atoms with E-state index >= 15 is 0 Å². The molecule has 3 nitrogen and oxygen atoms in total. The molecule has 1 unspecified atom stereocenters. The number of halogens is 2. The van der Waals surface area contributed by atoms with Crippen molar-refractivity contribution >= 4 is 0 Å². The van der Waals surface area contributed by atoms with Gasteiger partial charge in [0, 0.05) is 17.2 Å². The molecule has 0 radical (unpaired) electrons. The van der Waals surface area contributed by atoms with Gasteiger partial charge in [-0.15, -0.1) is 0 Å². The number of alkyl halides is 2. The predicted octanol–water partition coefficient (Wildman–Crippen LogP) is 3.17. The summed E-state index contributed by atoms with van der Waals surface area (Å²) in [7, 11) is 0. The second-order valence-electron chi connectivity index (χ2n) is 4.65. The molecular weight excluding hydrogens is 240 g/mol. The minimum absolute atomic E-state index is 0.00150. The van der Waals surface area contributed by atoms with Crippen LogP contribution in [0.1, 0.15) is 42.9 Å². The summed E-state index contributed by atoms with van der Waals surface area (Å²) in [5, 5.41) is 3.35. The summed E-state index contributed by atoms with van der Waals surface area (Å²) in [6, 6.07) is 3.01. The molecule has 1 N–H and O–H groups in total. The Morgan fingerprint density at radius 1 is 1.22 bits per heavy atom. The summed E-state index contributed by atoms with van der Waals surface area (Å²) in [6.07, 6.45) is 0.695. The van der Waals surface area contributed by atoms with Crippen LogP contribution >= 0.6 is 0 Å². The van der Waals surface area contributed by atoms with Crippen LogP contribution in [0.2, 0.25) is 0 Å². The van der Waals surface area contributed by atoms with Gasteiger partial charge < -0.3 is 14.8 Å². The SMILES string of the molecule is FC(F)c1cc2c(c(C3CCCCN3)c1)OCO2. The van der Waals surface area contributed by atoms with Gasteiger partial charge in [-0.05, 0) is 31.5 Å². The number of ether oxygens (including phenoxy) is 2. The summed E-state index contributed by atoms with van der Waals surface area (Å²) in [6.45, 7) is 1.03. The highest BCUT2D eigenvalue weighted by Gasteiger charge is 2.27. The molecule has 1 saturated heterocycles. The summed E-state index contributed by atoms with van der Waals surface area (Å²) in [4.78, 5) is 0. The van der Waals surface area contributed by atoms with E-state index in [1.165, 1.54) is 6.07 Å². The summed E-state index contributed by atoms with van der Waals surface area (Å²) in [5.74, 6) is 1.06. The average Bonchev–Trinajstić information content (AvgIpc) is 2.86. The zero-order valence-corrected chi connectivity index (χ0v) is 9.92. The third-order valence-corrected chi connectivity index (χ3v) is 3.46. The van der Waals surface area contributed by atoms with E-state index in [9.17, 15) is 8.78 Å². The number of hydrogen-bond donors (Lipinski definition) is 1. The van der Waals surface area contributed by atoms with Gasteiger partial charge in [0.05, 0.1) is 0 Å². The average molecular weight is 255 g/mol. The lowest BCUT2D eigenvalue weighted by atomic mass is 9.95. The van der Waals surface area contributed by atoms with Crippen LogP contribution in [-0.4, -0.2) is 13.3 Å². The molecule has 5 heteroatoms. The fourth-order valence-electron chi connectivity index (χ4n) is 2.56. The molecule has 98 valence electrons. The van der Waals surface area contributed by atoms with Crippen molar-refractivity contribution in [2.45, 2.75) is 31.7 Å². The largest absolute Gasteiger partial charge is 0.454 e. The molecule has 0 bridgehead atoms. The van der Waals surface area contributed by atoms with E-state index in [4.69, 9.17) is 9.47 Å². The van der Waals surface area contributed by atoms with Crippen LogP contribution in [0.4, 0.5) is 8.78 Å². The molecule has 18 heavy (non-hydrogen) atoms. The van der Waals surface area contributed by atoms with E-state index < -0.39 is 6.43 Å². The number of benzene rings is 1. The van der Waals surface area contributed by atoms with Gasteiger partial charge in [-0.3, -0.25) is 0 Å². The van der Waals surface area contributed by atoms with E-state index in [0.29, 0.717) is 11.5 Å². The molecule has 0 aliphatic carbocycles. The highest BCUT2D eigenvalue weighted by atomic mass is 19.3. The van der Waals surface area contributed by atoms with Crippen LogP contribution in [-0.2, 0) is 0 Å². The lowest BCUT2D eigenvalue weighted by Crippen LogP contribution is -2.27. The van der Waals surface area contributed by atoms with E-state index in [1.54, 1.807) is 6.07 Å². The van der Waals surface area contributed by atoms with Gasteiger partial charge in [-0.2, -0.15) is 0 Å². The van der Waals surface area contributed by atoms with Crippen LogP contribution in [0.15, 0.2) is 12.1 Å². The standard InChI is InChI=1S/C13H15F2NO2/c14-13(15)8-5-9(10-3-1-2-4-16-10)12-11(6-8)17-7-18-12/h5-6,10,13,16H,1-4,7H2. The van der Waals surface area contributed by atoms with Gasteiger partial charge in [0.15, 0.2) is 11.5 Å². The Labute approximate surface area is 104 Å². The molecule has 0 spiro atoms. The molecule has 1 aromatic carbocycles. The first-order chi connectivity index (χ1) is 8.75. The quantitative estimate of drug-likeness (QED) is 0.880. The summed E-state index contributed by atoms with van der Waals surface area (Å²) < 4.78 is 36.4. The molecule has 2 aliphatic rings. The van der Waals surface area contributed by atoms with Crippen molar-refractivity contribution in [3.63, 3.8) is 0 Å². The Balaban J connectivity index is 2.00.